The van der Waals surface area contributed by atoms with Gasteiger partial charge >= 0.3 is 5.97 Å². The predicted molar refractivity (Wildman–Crippen MR) is 64.6 cm³/mol. The van der Waals surface area contributed by atoms with Crippen molar-refractivity contribution in [3.8, 4) is 11.6 Å². The summed E-state index contributed by atoms with van der Waals surface area (Å²) in [4.78, 5) is 16.5. The van der Waals surface area contributed by atoms with Gasteiger partial charge < -0.3 is 9.52 Å². The highest BCUT2D eigenvalue weighted by molar-refractivity contribution is 7.17. The molecule has 0 saturated carbocycles. The van der Waals surface area contributed by atoms with Gasteiger partial charge in [0.2, 0.25) is 10.8 Å². The van der Waals surface area contributed by atoms with Crippen molar-refractivity contribution in [3.05, 3.63) is 29.0 Å². The van der Waals surface area contributed by atoms with Crippen LogP contribution in [-0.4, -0.2) is 25.7 Å². The molecule has 18 heavy (non-hydrogen) atoms. The number of rotatable bonds is 3. The Labute approximate surface area is 105 Å². The largest absolute Gasteiger partial charge is 0.481 e. The van der Waals surface area contributed by atoms with E-state index in [0.29, 0.717) is 16.5 Å². The zero-order valence-corrected chi connectivity index (χ0v) is 10.3. The van der Waals surface area contributed by atoms with Gasteiger partial charge in [0.05, 0.1) is 18.4 Å². The Hall–Kier alpha value is -2.15. The molecular formula is C11H9N3O3S. The number of furan rings is 1. The number of nitrogens with zero attached hydrogens (tertiary/aromatic N) is 3. The molecular weight excluding hydrogens is 254 g/mol. The van der Waals surface area contributed by atoms with Crippen molar-refractivity contribution in [2.45, 2.75) is 13.3 Å². The maximum absolute atomic E-state index is 10.7. The SMILES string of the molecule is Cc1c(CC(=O)O)sc2nc(-c3ccco3)nn12. The van der Waals surface area contributed by atoms with Crippen LogP contribution in [0.1, 0.15) is 10.6 Å². The standard InChI is InChI=1S/C11H9N3O3S/c1-6-8(5-9(15)16)18-11-12-10(13-14(6)11)7-3-2-4-17-7/h2-4H,5H2,1H3,(H,15,16). The molecule has 0 aliphatic carbocycles. The third kappa shape index (κ3) is 1.68. The predicted octanol–water partition coefficient (Wildman–Crippen LogP) is 1.99. The van der Waals surface area contributed by atoms with Gasteiger partial charge in [-0.2, -0.15) is 4.98 Å². The monoisotopic (exact) mass is 263 g/mol. The van der Waals surface area contributed by atoms with E-state index in [2.05, 4.69) is 10.1 Å². The fourth-order valence-corrected chi connectivity index (χ4v) is 2.74. The Balaban J connectivity index is 2.07. The lowest BCUT2D eigenvalue weighted by Gasteiger charge is -1.93. The molecule has 0 spiro atoms. The van der Waals surface area contributed by atoms with Crippen LogP contribution >= 0.6 is 11.3 Å². The molecule has 3 rings (SSSR count). The third-order valence-electron chi connectivity index (χ3n) is 2.57. The van der Waals surface area contributed by atoms with Gasteiger partial charge in [0.15, 0.2) is 5.76 Å². The fraction of sp³-hybridized carbons (Fsp3) is 0.182. The second-order valence-corrected chi connectivity index (χ2v) is 4.85. The molecule has 3 aromatic rings. The topological polar surface area (TPSA) is 80.6 Å². The molecule has 3 heterocycles. The number of carboxylic acids is 1. The highest BCUT2D eigenvalue weighted by Gasteiger charge is 2.16. The molecule has 0 unspecified atom stereocenters. The first kappa shape index (κ1) is 11.0. The Kier molecular flexibility index (Phi) is 2.41. The average molecular weight is 263 g/mol. The van der Waals surface area contributed by atoms with E-state index in [9.17, 15) is 4.79 Å². The lowest BCUT2D eigenvalue weighted by atomic mass is 10.3. The molecule has 0 fully saturated rings. The minimum atomic E-state index is -0.853. The van der Waals surface area contributed by atoms with Gasteiger partial charge in [-0.25, -0.2) is 4.52 Å². The van der Waals surface area contributed by atoms with E-state index in [1.54, 1.807) is 22.9 Å². The summed E-state index contributed by atoms with van der Waals surface area (Å²) in [6.45, 7) is 1.84. The number of aliphatic carboxylic acids is 1. The number of aryl methyl sites for hydroxylation is 1. The average Bonchev–Trinajstić information content (AvgIpc) is 2.97. The third-order valence-corrected chi connectivity index (χ3v) is 3.70. The van der Waals surface area contributed by atoms with Crippen LogP contribution < -0.4 is 0 Å². The number of carbonyl (C=O) groups is 1. The van der Waals surface area contributed by atoms with E-state index in [0.717, 1.165) is 10.6 Å². The number of carboxylic acid groups (broad SMARTS) is 1. The summed E-state index contributed by atoms with van der Waals surface area (Å²) in [6, 6.07) is 3.56. The van der Waals surface area contributed by atoms with Crippen LogP contribution in [0.3, 0.4) is 0 Å². The zero-order chi connectivity index (χ0) is 12.7. The Morgan fingerprint density at radius 3 is 3.06 bits per heavy atom. The molecule has 92 valence electrons. The molecule has 6 nitrogen and oxygen atoms in total. The Morgan fingerprint density at radius 2 is 2.44 bits per heavy atom. The number of hydrogen-bond acceptors (Lipinski definition) is 5. The van der Waals surface area contributed by atoms with E-state index >= 15 is 0 Å². The minimum absolute atomic E-state index is 0.00236. The molecule has 7 heteroatoms. The van der Waals surface area contributed by atoms with Crippen LogP contribution in [0.5, 0.6) is 0 Å². The van der Waals surface area contributed by atoms with E-state index in [-0.39, 0.29) is 6.42 Å². The first-order valence-electron chi connectivity index (χ1n) is 5.26. The molecule has 0 radical (unpaired) electrons. The van der Waals surface area contributed by atoms with Crippen molar-refractivity contribution in [1.29, 1.82) is 0 Å². The lowest BCUT2D eigenvalue weighted by Crippen LogP contribution is -2.00. The van der Waals surface area contributed by atoms with Gasteiger partial charge in [0, 0.05) is 4.88 Å². The minimum Gasteiger partial charge on any atom is -0.481 e. The van der Waals surface area contributed by atoms with Crippen molar-refractivity contribution in [1.82, 2.24) is 14.6 Å². The Bertz CT molecular complexity index is 711. The van der Waals surface area contributed by atoms with Crippen molar-refractivity contribution < 1.29 is 14.3 Å². The lowest BCUT2D eigenvalue weighted by molar-refractivity contribution is -0.136. The van der Waals surface area contributed by atoms with Gasteiger partial charge in [-0.1, -0.05) is 11.3 Å². The first-order chi connectivity index (χ1) is 8.65. The maximum Gasteiger partial charge on any atom is 0.308 e. The van der Waals surface area contributed by atoms with Gasteiger partial charge in [-0.3, -0.25) is 4.79 Å². The van der Waals surface area contributed by atoms with Crippen LogP contribution in [0.25, 0.3) is 16.5 Å². The van der Waals surface area contributed by atoms with Gasteiger partial charge in [-0.15, -0.1) is 5.10 Å². The molecule has 0 amide bonds. The maximum atomic E-state index is 10.7. The molecule has 1 N–H and O–H groups in total. The van der Waals surface area contributed by atoms with Gasteiger partial charge in [0.25, 0.3) is 0 Å². The molecule has 0 aromatic carbocycles. The number of hydrogen-bond donors (Lipinski definition) is 1. The van der Waals surface area contributed by atoms with Gasteiger partial charge in [-0.05, 0) is 19.1 Å². The number of aromatic nitrogens is 3. The smallest absolute Gasteiger partial charge is 0.308 e. The van der Waals surface area contributed by atoms with E-state index in [1.807, 2.05) is 6.92 Å². The summed E-state index contributed by atoms with van der Waals surface area (Å²) >= 11 is 1.34. The summed E-state index contributed by atoms with van der Waals surface area (Å²) in [7, 11) is 0. The first-order valence-corrected chi connectivity index (χ1v) is 6.07. The van der Waals surface area contributed by atoms with Crippen LogP contribution in [0.15, 0.2) is 22.8 Å². The molecule has 0 atom stereocenters. The quantitative estimate of drug-likeness (QED) is 0.781. The van der Waals surface area contributed by atoms with Crippen molar-refractivity contribution in [3.63, 3.8) is 0 Å². The molecule has 0 saturated heterocycles. The summed E-state index contributed by atoms with van der Waals surface area (Å²) in [5, 5.41) is 13.1. The molecule has 0 bridgehead atoms. The summed E-state index contributed by atoms with van der Waals surface area (Å²) in [5.41, 5.74) is 0.808. The van der Waals surface area contributed by atoms with E-state index in [4.69, 9.17) is 9.52 Å². The second kappa shape index (κ2) is 3.95. The molecule has 0 aliphatic rings. The summed E-state index contributed by atoms with van der Waals surface area (Å²) < 4.78 is 6.88. The van der Waals surface area contributed by atoms with E-state index in [1.165, 1.54) is 11.3 Å². The Morgan fingerprint density at radius 1 is 1.61 bits per heavy atom. The zero-order valence-electron chi connectivity index (χ0n) is 9.45. The second-order valence-electron chi connectivity index (χ2n) is 3.79. The fourth-order valence-electron chi connectivity index (χ4n) is 1.70. The highest BCUT2D eigenvalue weighted by atomic mass is 32.1. The molecule has 3 aromatic heterocycles. The van der Waals surface area contributed by atoms with Crippen LogP contribution in [-0.2, 0) is 11.2 Å². The highest BCUT2D eigenvalue weighted by Crippen LogP contribution is 2.25. The summed E-state index contributed by atoms with van der Waals surface area (Å²) in [6.07, 6.45) is 1.56. The van der Waals surface area contributed by atoms with Crippen LogP contribution in [0, 0.1) is 6.92 Å². The van der Waals surface area contributed by atoms with Crippen LogP contribution in [0.2, 0.25) is 0 Å². The summed E-state index contributed by atoms with van der Waals surface area (Å²) in [5.74, 6) is 0.259. The number of fused-ring (bicyclic) bond motifs is 1. The van der Waals surface area contributed by atoms with Crippen molar-refractivity contribution in [2.24, 2.45) is 0 Å². The van der Waals surface area contributed by atoms with Crippen molar-refractivity contribution >= 4 is 22.3 Å². The molecule has 0 aliphatic heterocycles. The van der Waals surface area contributed by atoms with E-state index < -0.39 is 5.97 Å². The number of thiazole rings is 1. The van der Waals surface area contributed by atoms with Gasteiger partial charge in [0.1, 0.15) is 0 Å². The van der Waals surface area contributed by atoms with Crippen LogP contribution in [0.4, 0.5) is 0 Å². The van der Waals surface area contributed by atoms with Crippen molar-refractivity contribution in [2.75, 3.05) is 0 Å². The normalized spacial score (nSPS) is 11.2.